The quantitative estimate of drug-likeness (QED) is 0.779. The first-order valence-corrected chi connectivity index (χ1v) is 10.8. The molecule has 2 aromatic rings. The van der Waals surface area contributed by atoms with Gasteiger partial charge in [-0.15, -0.1) is 0 Å². The van der Waals surface area contributed by atoms with Gasteiger partial charge in [-0.05, 0) is 37.0 Å². The number of benzene rings is 1. The van der Waals surface area contributed by atoms with E-state index in [0.29, 0.717) is 17.4 Å². The molecule has 3 heterocycles. The fourth-order valence-corrected chi connectivity index (χ4v) is 4.36. The van der Waals surface area contributed by atoms with Gasteiger partial charge in [-0.25, -0.2) is 9.97 Å². The van der Waals surface area contributed by atoms with E-state index in [0.717, 1.165) is 62.0 Å². The minimum absolute atomic E-state index is 0.0392. The highest BCUT2D eigenvalue weighted by Crippen LogP contribution is 2.38. The van der Waals surface area contributed by atoms with Gasteiger partial charge in [-0.2, -0.15) is 0 Å². The molecule has 1 aromatic heterocycles. The van der Waals surface area contributed by atoms with Crippen LogP contribution in [-0.4, -0.2) is 53.8 Å². The maximum atomic E-state index is 10.2. The van der Waals surface area contributed by atoms with E-state index in [2.05, 4.69) is 23.6 Å². The van der Waals surface area contributed by atoms with Crippen molar-refractivity contribution < 1.29 is 14.6 Å². The van der Waals surface area contributed by atoms with E-state index in [-0.39, 0.29) is 5.75 Å². The second kappa shape index (κ2) is 8.68. The lowest BCUT2D eigenvalue weighted by Gasteiger charge is -2.32. The van der Waals surface area contributed by atoms with Crippen molar-refractivity contribution in [1.29, 1.82) is 0 Å². The molecule has 1 N–H and O–H groups in total. The van der Waals surface area contributed by atoms with Crippen molar-refractivity contribution in [2.75, 3.05) is 38.8 Å². The molecule has 0 radical (unpaired) electrons. The first-order valence-electron chi connectivity index (χ1n) is 10.8. The summed E-state index contributed by atoms with van der Waals surface area (Å²) in [5.41, 5.74) is 3.51. The van der Waals surface area contributed by atoms with Crippen molar-refractivity contribution in [3.8, 4) is 17.2 Å². The molecule has 0 aliphatic carbocycles. The fraction of sp³-hybridized carbons (Fsp3) is 0.565. The zero-order chi connectivity index (χ0) is 21.3. The lowest BCUT2D eigenvalue weighted by atomic mass is 10.0. The zero-order valence-corrected chi connectivity index (χ0v) is 18.4. The lowest BCUT2D eigenvalue weighted by Crippen LogP contribution is -2.33. The van der Waals surface area contributed by atoms with Crippen LogP contribution in [0, 0.1) is 0 Å². The number of ether oxygens (including phenoxy) is 2. The topological polar surface area (TPSA) is 71.0 Å². The molecule has 4 rings (SSSR count). The minimum Gasteiger partial charge on any atom is -0.502 e. The van der Waals surface area contributed by atoms with Gasteiger partial charge in [-0.3, -0.25) is 4.90 Å². The van der Waals surface area contributed by atoms with Crippen molar-refractivity contribution in [2.24, 2.45) is 0 Å². The average Bonchev–Trinajstić information content (AvgIpc) is 3.28. The van der Waals surface area contributed by atoms with Gasteiger partial charge in [-0.1, -0.05) is 13.8 Å². The van der Waals surface area contributed by atoms with Crippen LogP contribution < -0.4 is 14.4 Å². The van der Waals surface area contributed by atoms with Crippen LogP contribution in [0.5, 0.6) is 17.2 Å². The van der Waals surface area contributed by atoms with Crippen LogP contribution in [0.1, 0.15) is 55.3 Å². The van der Waals surface area contributed by atoms with Crippen LogP contribution in [0.4, 0.5) is 5.82 Å². The smallest absolute Gasteiger partial charge is 0.200 e. The summed E-state index contributed by atoms with van der Waals surface area (Å²) in [6, 6.07) is 3.76. The van der Waals surface area contributed by atoms with Gasteiger partial charge >= 0.3 is 0 Å². The van der Waals surface area contributed by atoms with Gasteiger partial charge in [0.15, 0.2) is 11.5 Å². The average molecular weight is 413 g/mol. The Morgan fingerprint density at radius 3 is 2.30 bits per heavy atom. The highest BCUT2D eigenvalue weighted by Gasteiger charge is 2.27. The van der Waals surface area contributed by atoms with Crippen LogP contribution in [0.2, 0.25) is 0 Å². The predicted octanol–water partition coefficient (Wildman–Crippen LogP) is 3.48. The molecule has 2 aliphatic heterocycles. The van der Waals surface area contributed by atoms with Gasteiger partial charge in [0, 0.05) is 44.2 Å². The first-order chi connectivity index (χ1) is 14.5. The number of anilines is 1. The Labute approximate surface area is 178 Å². The SMILES string of the molecule is COc1cc(CN2CCc3c(nc(C(C)C)nc3N3CCCC3)C2)cc(OC)c1O. The molecule has 2 aliphatic rings. The number of hydrogen-bond acceptors (Lipinski definition) is 7. The molecule has 1 fully saturated rings. The van der Waals surface area contributed by atoms with Crippen LogP contribution in [-0.2, 0) is 19.5 Å². The van der Waals surface area contributed by atoms with Crippen molar-refractivity contribution in [2.45, 2.75) is 52.1 Å². The van der Waals surface area contributed by atoms with Gasteiger partial charge in [0.1, 0.15) is 11.6 Å². The summed E-state index contributed by atoms with van der Waals surface area (Å²) in [6.45, 7) is 8.99. The Morgan fingerprint density at radius 1 is 1.03 bits per heavy atom. The number of phenolic OH excluding ortho intramolecular Hbond substituents is 1. The molecule has 7 nitrogen and oxygen atoms in total. The van der Waals surface area contributed by atoms with E-state index < -0.39 is 0 Å². The monoisotopic (exact) mass is 412 g/mol. The third-order valence-corrected chi connectivity index (χ3v) is 6.01. The Hall–Kier alpha value is -2.54. The molecule has 0 amide bonds. The maximum Gasteiger partial charge on any atom is 0.200 e. The molecule has 162 valence electrons. The number of rotatable bonds is 6. The first kappa shape index (κ1) is 20.7. The largest absolute Gasteiger partial charge is 0.502 e. The number of phenols is 1. The van der Waals surface area contributed by atoms with Crippen LogP contribution in [0.25, 0.3) is 0 Å². The molecular formula is C23H32N4O3. The van der Waals surface area contributed by atoms with Crippen LogP contribution >= 0.6 is 0 Å². The Morgan fingerprint density at radius 2 is 1.70 bits per heavy atom. The Kier molecular flexibility index (Phi) is 5.99. The molecule has 1 aromatic carbocycles. The third-order valence-electron chi connectivity index (χ3n) is 6.01. The van der Waals surface area contributed by atoms with Crippen molar-refractivity contribution in [3.05, 3.63) is 34.8 Å². The molecule has 0 saturated carbocycles. The third kappa shape index (κ3) is 4.03. The minimum atomic E-state index is 0.0392. The molecular weight excluding hydrogens is 380 g/mol. The second-order valence-corrected chi connectivity index (χ2v) is 8.49. The highest BCUT2D eigenvalue weighted by atomic mass is 16.5. The van der Waals surface area contributed by atoms with E-state index >= 15 is 0 Å². The summed E-state index contributed by atoms with van der Waals surface area (Å²) in [4.78, 5) is 14.7. The van der Waals surface area contributed by atoms with Crippen molar-refractivity contribution in [3.63, 3.8) is 0 Å². The molecule has 1 saturated heterocycles. The van der Waals surface area contributed by atoms with Gasteiger partial charge in [0.25, 0.3) is 0 Å². The lowest BCUT2D eigenvalue weighted by molar-refractivity contribution is 0.239. The van der Waals surface area contributed by atoms with Crippen molar-refractivity contribution in [1.82, 2.24) is 14.9 Å². The van der Waals surface area contributed by atoms with E-state index in [4.69, 9.17) is 19.4 Å². The number of fused-ring (bicyclic) bond motifs is 1. The molecule has 0 spiro atoms. The Bertz CT molecular complexity index is 885. The summed E-state index contributed by atoms with van der Waals surface area (Å²) in [7, 11) is 3.11. The van der Waals surface area contributed by atoms with Crippen LogP contribution in [0.15, 0.2) is 12.1 Å². The van der Waals surface area contributed by atoms with E-state index in [1.807, 2.05) is 12.1 Å². The predicted molar refractivity (Wildman–Crippen MR) is 117 cm³/mol. The highest BCUT2D eigenvalue weighted by molar-refractivity contribution is 5.53. The van der Waals surface area contributed by atoms with Crippen LogP contribution in [0.3, 0.4) is 0 Å². The summed E-state index contributed by atoms with van der Waals surface area (Å²) >= 11 is 0. The number of aromatic hydroxyl groups is 1. The van der Waals surface area contributed by atoms with Gasteiger partial charge in [0.05, 0.1) is 19.9 Å². The molecule has 0 unspecified atom stereocenters. The fourth-order valence-electron chi connectivity index (χ4n) is 4.36. The molecule has 0 atom stereocenters. The van der Waals surface area contributed by atoms with Crippen molar-refractivity contribution >= 4 is 5.82 Å². The normalized spacial score (nSPS) is 16.8. The van der Waals surface area contributed by atoms with E-state index in [1.165, 1.54) is 18.4 Å². The van der Waals surface area contributed by atoms with Gasteiger partial charge < -0.3 is 19.5 Å². The number of nitrogens with zero attached hydrogens (tertiary/aromatic N) is 4. The van der Waals surface area contributed by atoms with E-state index in [9.17, 15) is 5.11 Å². The molecule has 7 heteroatoms. The molecule has 0 bridgehead atoms. The second-order valence-electron chi connectivity index (χ2n) is 8.49. The summed E-state index contributed by atoms with van der Waals surface area (Å²) in [5.74, 6) is 3.30. The van der Waals surface area contributed by atoms with Gasteiger partial charge in [0.2, 0.25) is 5.75 Å². The number of methoxy groups -OCH3 is 2. The summed E-state index contributed by atoms with van der Waals surface area (Å²) in [6.07, 6.45) is 3.44. The summed E-state index contributed by atoms with van der Waals surface area (Å²) < 4.78 is 10.6. The molecule has 30 heavy (non-hydrogen) atoms. The van der Waals surface area contributed by atoms with E-state index in [1.54, 1.807) is 14.2 Å². The number of aromatic nitrogens is 2. The maximum absolute atomic E-state index is 10.2. The standard InChI is InChI=1S/C23H32N4O3/c1-15(2)22-24-18-14-26(10-7-17(18)23(25-22)27-8-5-6-9-27)13-16-11-19(29-3)21(28)20(12-16)30-4/h11-12,15,28H,5-10,13-14H2,1-4H3. The summed E-state index contributed by atoms with van der Waals surface area (Å²) in [5, 5.41) is 10.2. The Balaban J connectivity index is 1.60. The number of hydrogen-bond donors (Lipinski definition) is 1. The zero-order valence-electron chi connectivity index (χ0n) is 18.4.